The Balaban J connectivity index is 1.18. The molecule has 4 heterocycles. The molecular formula is C38H45FN8O4S2. The van der Waals surface area contributed by atoms with Crippen molar-refractivity contribution in [1.29, 1.82) is 20.1 Å². The Bertz CT molecular complexity index is 2320. The molecule has 15 heteroatoms. The molecule has 4 aromatic rings. The number of methoxy groups -OCH3 is 2. The van der Waals surface area contributed by atoms with E-state index in [0.717, 1.165) is 36.8 Å². The minimum atomic E-state index is -3.25. The Hall–Kier alpha value is -4.73. The smallest absolute Gasteiger partial charge is 0.166 e. The minimum Gasteiger partial charge on any atom is -0.494 e. The summed E-state index contributed by atoms with van der Waals surface area (Å²) in [6, 6.07) is 11.5. The number of hydrogen-bond donors (Lipinski definition) is 2. The summed E-state index contributed by atoms with van der Waals surface area (Å²) in [5.74, 6) is 0.616. The lowest BCUT2D eigenvalue weighted by Gasteiger charge is -2.35. The number of nitriles is 2. The van der Waals surface area contributed by atoms with Crippen molar-refractivity contribution >= 4 is 52.6 Å². The van der Waals surface area contributed by atoms with Gasteiger partial charge in [0.1, 0.15) is 23.4 Å². The van der Waals surface area contributed by atoms with Crippen LogP contribution in [0.15, 0.2) is 36.7 Å². The number of fused-ring (bicyclic) bond motifs is 2. The Morgan fingerprint density at radius 3 is 1.92 bits per heavy atom. The molecule has 2 aliphatic rings. The van der Waals surface area contributed by atoms with Crippen LogP contribution in [0.2, 0.25) is 0 Å². The van der Waals surface area contributed by atoms with Gasteiger partial charge < -0.3 is 19.3 Å². The lowest BCUT2D eigenvalue weighted by atomic mass is 9.93. The van der Waals surface area contributed by atoms with Crippen LogP contribution in [0.3, 0.4) is 0 Å². The average molecular weight is 761 g/mol. The van der Waals surface area contributed by atoms with E-state index in [4.69, 9.17) is 19.0 Å². The zero-order chi connectivity index (χ0) is 37.9. The quantitative estimate of drug-likeness (QED) is 0.156. The van der Waals surface area contributed by atoms with E-state index in [0.29, 0.717) is 89.7 Å². The van der Waals surface area contributed by atoms with E-state index in [2.05, 4.69) is 27.0 Å². The normalized spacial score (nSPS) is 17.9. The first-order valence-corrected chi connectivity index (χ1v) is 21.8. The Morgan fingerprint density at radius 2 is 1.40 bits per heavy atom. The summed E-state index contributed by atoms with van der Waals surface area (Å²) in [7, 11) is -2.88. The first kappa shape index (κ1) is 38.0. The topological polar surface area (TPSA) is 180 Å². The number of ether oxygens (including phenoxy) is 2. The molecule has 6 rings (SSSR count). The van der Waals surface area contributed by atoms with Crippen LogP contribution in [-0.2, 0) is 25.2 Å². The lowest BCUT2D eigenvalue weighted by Crippen LogP contribution is -2.35. The lowest BCUT2D eigenvalue weighted by molar-refractivity contribution is 0.383. The highest BCUT2D eigenvalue weighted by atomic mass is 32.2. The molecule has 2 aromatic carbocycles. The molecule has 0 saturated carbocycles. The summed E-state index contributed by atoms with van der Waals surface area (Å²) in [5.41, 5.74) is 3.50. The van der Waals surface area contributed by atoms with Crippen molar-refractivity contribution in [3.63, 3.8) is 0 Å². The number of pyridine rings is 2. The fourth-order valence-electron chi connectivity index (χ4n) is 7.83. The molecule has 0 radical (unpaired) electrons. The second-order valence-electron chi connectivity index (χ2n) is 14.2. The minimum absolute atomic E-state index is 0.0966. The molecule has 53 heavy (non-hydrogen) atoms. The van der Waals surface area contributed by atoms with Crippen molar-refractivity contribution in [3.8, 4) is 23.6 Å². The maximum Gasteiger partial charge on any atom is 0.166 e. The van der Waals surface area contributed by atoms with Gasteiger partial charge in [0.05, 0.1) is 48.0 Å². The van der Waals surface area contributed by atoms with Crippen LogP contribution in [0.25, 0.3) is 21.8 Å². The number of rotatable bonds is 12. The van der Waals surface area contributed by atoms with Crippen molar-refractivity contribution in [2.75, 3.05) is 68.0 Å². The maximum atomic E-state index is 15.8. The van der Waals surface area contributed by atoms with Crippen LogP contribution < -0.4 is 19.3 Å². The summed E-state index contributed by atoms with van der Waals surface area (Å²) in [6.07, 6.45) is 8.89. The van der Waals surface area contributed by atoms with E-state index < -0.39 is 25.3 Å². The van der Waals surface area contributed by atoms with Crippen LogP contribution in [-0.4, -0.2) is 76.5 Å². The monoisotopic (exact) mass is 760 g/mol. The summed E-state index contributed by atoms with van der Waals surface area (Å²) in [4.78, 5) is 13.3. The van der Waals surface area contributed by atoms with Crippen molar-refractivity contribution in [1.82, 2.24) is 9.97 Å². The highest BCUT2D eigenvalue weighted by molar-refractivity contribution is 7.91. The van der Waals surface area contributed by atoms with Gasteiger partial charge in [-0.2, -0.15) is 10.5 Å². The van der Waals surface area contributed by atoms with Gasteiger partial charge in [0.2, 0.25) is 0 Å². The van der Waals surface area contributed by atoms with Gasteiger partial charge in [0, 0.05) is 92.1 Å². The van der Waals surface area contributed by atoms with Gasteiger partial charge in [-0.05, 0) is 62.5 Å². The number of benzene rings is 2. The van der Waals surface area contributed by atoms with Crippen LogP contribution in [0.4, 0.5) is 15.8 Å². The van der Waals surface area contributed by atoms with E-state index >= 15 is 4.39 Å². The van der Waals surface area contributed by atoms with Crippen molar-refractivity contribution in [3.05, 3.63) is 59.2 Å². The second kappa shape index (κ2) is 15.7. The number of halogens is 1. The Morgan fingerprint density at radius 1 is 0.849 bits per heavy atom. The summed E-state index contributed by atoms with van der Waals surface area (Å²) >= 11 is 0. The van der Waals surface area contributed by atoms with Gasteiger partial charge in [-0.3, -0.25) is 23.7 Å². The van der Waals surface area contributed by atoms with Crippen molar-refractivity contribution < 1.29 is 22.3 Å². The maximum absolute atomic E-state index is 15.8. The molecule has 0 amide bonds. The van der Waals surface area contributed by atoms with Gasteiger partial charge >= 0.3 is 0 Å². The zero-order valence-electron chi connectivity index (χ0n) is 30.3. The van der Waals surface area contributed by atoms with E-state index in [1.54, 1.807) is 13.3 Å². The highest BCUT2D eigenvalue weighted by Crippen LogP contribution is 2.40. The average Bonchev–Trinajstić information content (AvgIpc) is 3.15. The molecule has 2 unspecified atom stereocenters. The predicted molar refractivity (Wildman–Crippen MR) is 206 cm³/mol. The number of aromatic nitrogens is 2. The van der Waals surface area contributed by atoms with Gasteiger partial charge in [0.15, 0.2) is 11.6 Å². The van der Waals surface area contributed by atoms with Crippen molar-refractivity contribution in [2.45, 2.75) is 44.3 Å². The fraction of sp³-hybridized carbons (Fsp3) is 0.474. The number of nitrogens with zero attached hydrogens (tertiary/aromatic N) is 6. The fourth-order valence-corrected chi connectivity index (χ4v) is 10.2. The molecule has 2 aliphatic heterocycles. The van der Waals surface area contributed by atoms with E-state index in [1.165, 1.54) is 25.6 Å². The molecule has 0 aliphatic carbocycles. The molecule has 2 saturated heterocycles. The zero-order valence-corrected chi connectivity index (χ0v) is 32.0. The van der Waals surface area contributed by atoms with Gasteiger partial charge in [-0.25, -0.2) is 8.60 Å². The van der Waals surface area contributed by atoms with Crippen LogP contribution >= 0.6 is 0 Å². The van der Waals surface area contributed by atoms with Gasteiger partial charge in [-0.1, -0.05) is 12.1 Å². The second-order valence-corrected chi connectivity index (χ2v) is 18.9. The molecule has 0 bridgehead atoms. The Labute approximate surface area is 310 Å². The first-order valence-electron chi connectivity index (χ1n) is 17.8. The van der Waals surface area contributed by atoms with Crippen LogP contribution in [0, 0.1) is 49.9 Å². The van der Waals surface area contributed by atoms with Crippen LogP contribution in [0.5, 0.6) is 11.5 Å². The molecule has 280 valence electrons. The third-order valence-electron chi connectivity index (χ3n) is 10.6. The molecule has 2 atom stereocenters. The van der Waals surface area contributed by atoms with E-state index in [-0.39, 0.29) is 28.7 Å². The van der Waals surface area contributed by atoms with Crippen molar-refractivity contribution in [2.24, 2.45) is 11.8 Å². The summed E-state index contributed by atoms with van der Waals surface area (Å²) in [5, 5.41) is 21.2. The number of nitrogens with one attached hydrogen (secondary N) is 2. The first-order chi connectivity index (χ1) is 25.4. The van der Waals surface area contributed by atoms with Crippen LogP contribution in [0.1, 0.15) is 55.2 Å². The predicted octanol–water partition coefficient (Wildman–Crippen LogP) is 6.82. The third kappa shape index (κ3) is 8.26. The third-order valence-corrected chi connectivity index (χ3v) is 13.3. The van der Waals surface area contributed by atoms with Gasteiger partial charge in [-0.15, -0.1) is 0 Å². The molecule has 0 spiro atoms. The standard InChI is InChI=1S/C38H45FN8O4S2/c1-50-33-6-4-5-29-35(33)45-23-27(20-40)36(29)46-13-9-26(10-14-46)12-18-53(43,49)24-31-34-30(19-32(39)38(31)51-2)37(28(21-41)22-44-34)47-15-7-25(8-16-47)11-17-52(3,42)48/h4-6,19,22-23,25-26,42-43H,7-18,24H2,1-3H3. The largest absolute Gasteiger partial charge is 0.494 e. The number of para-hydroxylation sites is 1. The number of piperidine rings is 2. The summed E-state index contributed by atoms with van der Waals surface area (Å²) in [6.45, 7) is 2.57. The highest BCUT2D eigenvalue weighted by Gasteiger charge is 2.29. The van der Waals surface area contributed by atoms with Gasteiger partial charge in [0.25, 0.3) is 0 Å². The molecule has 12 nitrogen and oxygen atoms in total. The molecule has 2 N–H and O–H groups in total. The molecule has 2 aromatic heterocycles. The number of anilines is 2. The SMILES string of the molecule is COc1c(F)cc2c(N3CCC(CCS(C)(=N)=O)CC3)c(C#N)cnc2c1CS(=N)(=O)CCC1CCN(c2c(C#N)cnc3c(OC)cccc23)CC1. The molecular weight excluding hydrogens is 716 g/mol. The van der Waals surface area contributed by atoms with E-state index in [9.17, 15) is 18.9 Å². The summed E-state index contributed by atoms with van der Waals surface area (Å²) < 4.78 is 69.3. The Kier molecular flexibility index (Phi) is 11.3. The van der Waals surface area contributed by atoms with E-state index in [1.807, 2.05) is 23.1 Å². The number of hydrogen-bond acceptors (Lipinski definition) is 12. The molecule has 2 fully saturated rings.